The highest BCUT2D eigenvalue weighted by Gasteiger charge is 2.47. The summed E-state index contributed by atoms with van der Waals surface area (Å²) in [5, 5.41) is 26.7. The van der Waals surface area contributed by atoms with Gasteiger partial charge in [-0.25, -0.2) is 4.98 Å². The number of anilines is 1. The van der Waals surface area contributed by atoms with Gasteiger partial charge in [-0.1, -0.05) is 103 Å². The molecule has 0 aliphatic carbocycles. The zero-order valence-electron chi connectivity index (χ0n) is 33.8. The van der Waals surface area contributed by atoms with Crippen molar-refractivity contribution in [2.75, 3.05) is 24.2 Å². The van der Waals surface area contributed by atoms with Gasteiger partial charge in [-0.15, -0.1) is 23.1 Å². The molecule has 3 aliphatic rings. The van der Waals surface area contributed by atoms with Gasteiger partial charge in [-0.05, 0) is 50.5 Å². The number of benzene rings is 3. The topological polar surface area (TPSA) is 174 Å². The van der Waals surface area contributed by atoms with Crippen LogP contribution in [-0.4, -0.2) is 69.2 Å². The second-order valence-corrected chi connectivity index (χ2v) is 17.1. The van der Waals surface area contributed by atoms with Crippen LogP contribution in [0.15, 0.2) is 131 Å². The van der Waals surface area contributed by atoms with Crippen LogP contribution >= 0.6 is 23.1 Å². The van der Waals surface area contributed by atoms with Gasteiger partial charge in [0.15, 0.2) is 10.8 Å². The average Bonchev–Trinajstić information content (AvgIpc) is 3.72. The van der Waals surface area contributed by atoms with Crippen LogP contribution < -0.4 is 21.1 Å². The van der Waals surface area contributed by atoms with E-state index in [1.54, 1.807) is 57.1 Å². The number of carbonyl (C=O) groups is 4. The van der Waals surface area contributed by atoms with E-state index in [9.17, 15) is 24.3 Å². The van der Waals surface area contributed by atoms with Gasteiger partial charge < -0.3 is 30.1 Å². The quantitative estimate of drug-likeness (QED) is 0.0396. The number of hydrogen-bond acceptors (Lipinski definition) is 13. The van der Waals surface area contributed by atoms with Gasteiger partial charge in [0.2, 0.25) is 5.91 Å². The fourth-order valence-corrected chi connectivity index (χ4v) is 8.51. The number of dihydropyridines is 1. The molecule has 13 nitrogen and oxygen atoms in total. The summed E-state index contributed by atoms with van der Waals surface area (Å²) in [7, 11) is 0. The zero-order valence-corrected chi connectivity index (χ0v) is 35.5. The minimum Gasteiger partial charge on any atom is -0.543 e. The molecule has 310 valence electrons. The number of hydrogen-bond donors (Lipinski definition) is 3. The highest BCUT2D eigenvalue weighted by Crippen LogP contribution is 2.42. The Balaban J connectivity index is 0.000000392. The summed E-state index contributed by atoms with van der Waals surface area (Å²) < 4.78 is 5.46. The Morgan fingerprint density at radius 2 is 1.58 bits per heavy atom. The Kier molecular flexibility index (Phi) is 13.9. The van der Waals surface area contributed by atoms with Crippen LogP contribution in [0, 0.1) is 17.9 Å². The van der Waals surface area contributed by atoms with Gasteiger partial charge in [-0.2, -0.15) is 0 Å². The molecular formula is C45H46N6O7S2. The predicted molar refractivity (Wildman–Crippen MR) is 230 cm³/mol. The average molecular weight is 847 g/mol. The molecular weight excluding hydrogens is 801 g/mol. The van der Waals surface area contributed by atoms with Crippen LogP contribution in [0.25, 0.3) is 0 Å². The first-order valence-corrected chi connectivity index (χ1v) is 21.2. The first-order chi connectivity index (χ1) is 28.8. The lowest BCUT2D eigenvalue weighted by Gasteiger charge is -2.48. The van der Waals surface area contributed by atoms with Crippen molar-refractivity contribution in [2.24, 2.45) is 17.0 Å². The summed E-state index contributed by atoms with van der Waals surface area (Å²) in [6, 6.07) is 30.5. The van der Waals surface area contributed by atoms with Crippen LogP contribution in [0.1, 0.15) is 57.0 Å². The lowest BCUT2D eigenvalue weighted by Crippen LogP contribution is -2.60. The number of rotatable bonds is 13. The van der Waals surface area contributed by atoms with Crippen molar-refractivity contribution in [1.82, 2.24) is 20.5 Å². The van der Waals surface area contributed by atoms with Crippen LogP contribution in [0.4, 0.5) is 5.13 Å². The number of carboxylic acids is 1. The monoisotopic (exact) mass is 846 g/mol. The van der Waals surface area contributed by atoms with Crippen molar-refractivity contribution in [3.63, 3.8) is 0 Å². The van der Waals surface area contributed by atoms with Crippen molar-refractivity contribution < 1.29 is 33.9 Å². The summed E-state index contributed by atoms with van der Waals surface area (Å²) in [6.07, 6.45) is 7.92. The summed E-state index contributed by atoms with van der Waals surface area (Å²) in [5.41, 5.74) is 2.39. The zero-order chi connectivity index (χ0) is 42.9. The normalized spacial score (nSPS) is 17.7. The third-order valence-corrected chi connectivity index (χ3v) is 11.6. The fourth-order valence-electron chi connectivity index (χ4n) is 6.53. The van der Waals surface area contributed by atoms with Crippen molar-refractivity contribution in [3.05, 3.63) is 155 Å². The largest absolute Gasteiger partial charge is 0.543 e. The number of carbonyl (C=O) groups excluding carboxylic acids is 4. The Labute approximate surface area is 357 Å². The fraction of sp³-hybridized carbons (Fsp3) is 0.289. The van der Waals surface area contributed by atoms with Crippen molar-refractivity contribution in [2.45, 2.75) is 51.1 Å². The van der Waals surface area contributed by atoms with E-state index in [1.165, 1.54) is 22.3 Å². The number of fused-ring (bicyclic) bond motifs is 1. The van der Waals surface area contributed by atoms with E-state index >= 15 is 0 Å². The summed E-state index contributed by atoms with van der Waals surface area (Å²) in [5.74, 6) is -2.35. The second kappa shape index (κ2) is 19.2. The number of carboxylic acid groups (broad SMARTS) is 1. The van der Waals surface area contributed by atoms with E-state index in [1.807, 2.05) is 61.5 Å². The van der Waals surface area contributed by atoms with Crippen molar-refractivity contribution in [1.29, 1.82) is 0 Å². The Morgan fingerprint density at radius 3 is 2.12 bits per heavy atom. The minimum absolute atomic E-state index is 0.00500. The molecule has 0 radical (unpaired) electrons. The Bertz CT molecular complexity index is 2190. The van der Waals surface area contributed by atoms with Crippen LogP contribution in [0.5, 0.6) is 0 Å². The summed E-state index contributed by atoms with van der Waals surface area (Å²) in [6.45, 7) is 9.36. The van der Waals surface area contributed by atoms with E-state index in [2.05, 4.69) is 63.6 Å². The molecule has 0 saturated carbocycles. The molecule has 7 rings (SSSR count). The predicted octanol–water partition coefficient (Wildman–Crippen LogP) is 5.34. The molecule has 60 heavy (non-hydrogen) atoms. The number of thiazole rings is 1. The first kappa shape index (κ1) is 43.3. The van der Waals surface area contributed by atoms with Gasteiger partial charge in [0.05, 0.1) is 35.0 Å². The van der Waals surface area contributed by atoms with E-state index in [0.717, 1.165) is 16.7 Å². The standard InChI is InChI=1S/C37H37N5O4S.C8H9NO3S/c1-26(34(44)46-36(2,3)4)24-45-42-32(33(43)39-30-20-22-38-23-21-30)31-25-47-35(40-31)41-37(27-14-8-5-9-15-27,28-16-10-6-11-17-28)29-18-12-7-13-19-29;1-4-6(10)9-5(8(11)12)2-3-13-7(4)9/h5-20,23,25-26,38H,22,24H2,1-4H3,(H-,39,40,41,43);2,4,7H,3H2,1H3,(H,11,12)/t;4-,7+/m.1/s1. The van der Waals surface area contributed by atoms with Crippen LogP contribution in [0.3, 0.4) is 0 Å². The Morgan fingerprint density at radius 1 is 0.983 bits per heavy atom. The Hall–Kier alpha value is -6.28. The lowest BCUT2D eigenvalue weighted by atomic mass is 9.77. The first-order valence-electron chi connectivity index (χ1n) is 19.3. The maximum absolute atomic E-state index is 13.6. The molecule has 1 fully saturated rings. The number of esters is 1. The smallest absolute Gasteiger partial charge is 0.312 e. The molecule has 3 N–H and O–H groups in total. The molecule has 0 spiro atoms. The molecule has 2 amide bonds. The van der Waals surface area contributed by atoms with Gasteiger partial charge in [0.25, 0.3) is 11.6 Å². The number of amides is 2. The third kappa shape index (κ3) is 10.1. The highest BCUT2D eigenvalue weighted by molar-refractivity contribution is 8.00. The van der Waals surface area contributed by atoms with Gasteiger partial charge in [0, 0.05) is 11.1 Å². The van der Waals surface area contributed by atoms with E-state index in [4.69, 9.17) is 14.6 Å². The third-order valence-electron chi connectivity index (χ3n) is 9.49. The van der Waals surface area contributed by atoms with Gasteiger partial charge in [-0.3, -0.25) is 24.6 Å². The number of β-lactam (4-membered cyclic amide) rings is 1. The van der Waals surface area contributed by atoms with Crippen molar-refractivity contribution >= 4 is 57.7 Å². The molecule has 3 atom stereocenters. The number of nitrogens with zero attached hydrogens (tertiary/aromatic N) is 3. The number of aromatic nitrogens is 1. The molecule has 0 bridgehead atoms. The molecule has 4 heterocycles. The number of allylic oxidation sites excluding steroid dienone is 1. The van der Waals surface area contributed by atoms with Crippen LogP contribution in [0.2, 0.25) is 0 Å². The maximum atomic E-state index is 13.6. The van der Waals surface area contributed by atoms with Gasteiger partial charge in [0.1, 0.15) is 42.3 Å². The maximum Gasteiger partial charge on any atom is 0.312 e. The highest BCUT2D eigenvalue weighted by atomic mass is 32.2. The minimum atomic E-state index is -1.26. The summed E-state index contributed by atoms with van der Waals surface area (Å²) in [4.78, 5) is 59.8. The molecule has 1 aromatic heterocycles. The number of nitrogens with one attached hydrogen (secondary N) is 3. The van der Waals surface area contributed by atoms with E-state index in [-0.39, 0.29) is 35.2 Å². The number of thioether (sulfide) groups is 1. The molecule has 1 saturated heterocycles. The van der Waals surface area contributed by atoms with E-state index in [0.29, 0.717) is 28.8 Å². The number of aliphatic carboxylic acids is 1. The molecule has 3 aliphatic heterocycles. The van der Waals surface area contributed by atoms with Gasteiger partial charge >= 0.3 is 5.97 Å². The molecule has 1 unspecified atom stereocenters. The molecule has 3 aromatic carbocycles. The van der Waals surface area contributed by atoms with Crippen LogP contribution in [-0.2, 0) is 34.3 Å². The number of oxime groups is 1. The molecule has 15 heteroatoms. The SMILES string of the molecule is CC(CON=C(C(=O)NC1=CCNC=[C+]1)c1csc(NC(c2ccccc2)(c2ccccc2)c2ccccc2)n1)C(=O)OC(C)(C)C.C[C@@H]1C(=O)N2C(C(=O)[O-])=CCS[C@@H]12. The molecule has 4 aromatic rings. The number of ether oxygens (including phenoxy) is 1. The van der Waals surface area contributed by atoms with E-state index < -0.39 is 34.9 Å². The lowest BCUT2D eigenvalue weighted by molar-refractivity contribution is -0.301. The van der Waals surface area contributed by atoms with Crippen molar-refractivity contribution in [3.8, 4) is 0 Å². The second-order valence-electron chi connectivity index (χ2n) is 15.0. The summed E-state index contributed by atoms with van der Waals surface area (Å²) >= 11 is 2.93.